The molecule has 2 N–H and O–H groups in total. The molecular weight excluding hydrogens is 354 g/mol. The minimum Gasteiger partial charge on any atom is -0.497 e. The van der Waals surface area contributed by atoms with Crippen LogP contribution in [0.4, 0.5) is 9.59 Å². The lowest BCUT2D eigenvalue weighted by atomic mass is 10.1. The van der Waals surface area contributed by atoms with Gasteiger partial charge in [-0.25, -0.2) is 4.79 Å². The van der Waals surface area contributed by atoms with Crippen LogP contribution >= 0.6 is 11.8 Å². The molecule has 136 valence electrons. The highest BCUT2D eigenvalue weighted by Gasteiger charge is 2.42. The predicted molar refractivity (Wildman–Crippen MR) is 87.9 cm³/mol. The number of ether oxygens (including phenoxy) is 1. The van der Waals surface area contributed by atoms with Gasteiger partial charge in [0.15, 0.2) is 0 Å². The van der Waals surface area contributed by atoms with E-state index in [-0.39, 0.29) is 5.24 Å². The molecule has 25 heavy (non-hydrogen) atoms. The Balaban J connectivity index is 2.25. The van der Waals surface area contributed by atoms with Crippen LogP contribution in [0.3, 0.4) is 0 Å². The van der Waals surface area contributed by atoms with Gasteiger partial charge in [0.1, 0.15) is 18.5 Å². The van der Waals surface area contributed by atoms with Gasteiger partial charge in [-0.15, -0.1) is 10.1 Å². The summed E-state index contributed by atoms with van der Waals surface area (Å²) >= 11 is 0.957. The first-order chi connectivity index (χ1) is 11.8. The Morgan fingerprint density at radius 2 is 2.12 bits per heavy atom. The van der Waals surface area contributed by atoms with Gasteiger partial charge in [-0.05, 0) is 24.6 Å². The molecule has 0 bridgehead atoms. The predicted octanol–water partition coefficient (Wildman–Crippen LogP) is 2.10. The van der Waals surface area contributed by atoms with Crippen molar-refractivity contribution in [2.75, 3.05) is 13.7 Å². The van der Waals surface area contributed by atoms with Gasteiger partial charge >= 0.3 is 6.09 Å². The summed E-state index contributed by atoms with van der Waals surface area (Å²) in [6.45, 7) is 1.03. The minimum atomic E-state index is -1.31. The number of benzene rings is 1. The van der Waals surface area contributed by atoms with Gasteiger partial charge in [-0.1, -0.05) is 23.9 Å². The number of amides is 2. The number of rotatable bonds is 7. The molecule has 0 aliphatic carbocycles. The summed E-state index contributed by atoms with van der Waals surface area (Å²) in [5.74, 6) is 0.630. The van der Waals surface area contributed by atoms with Crippen LogP contribution in [-0.2, 0) is 4.84 Å². The number of thioether (sulfide) groups is 1. The monoisotopic (exact) mass is 371 g/mol. The van der Waals surface area contributed by atoms with Crippen LogP contribution in [0.15, 0.2) is 24.3 Å². The van der Waals surface area contributed by atoms with Gasteiger partial charge in [-0.2, -0.15) is 0 Å². The average molecular weight is 371 g/mol. The van der Waals surface area contributed by atoms with Crippen LogP contribution in [0.5, 0.6) is 5.75 Å². The molecule has 2 rings (SSSR count). The van der Waals surface area contributed by atoms with Gasteiger partial charge in [0.25, 0.3) is 10.3 Å². The molecule has 3 atom stereocenters. The summed E-state index contributed by atoms with van der Waals surface area (Å²) in [6, 6.07) is 6.05. The SMILES string of the molecule is COc1ccc(C2SC(=O)N[C@@H]2N(C(=O)O)[C@@H](C)CO[N+](=O)[O-])cc1. The third kappa shape index (κ3) is 4.44. The van der Waals surface area contributed by atoms with E-state index in [1.165, 1.54) is 14.0 Å². The molecule has 0 radical (unpaired) electrons. The summed E-state index contributed by atoms with van der Waals surface area (Å²) in [6.07, 6.45) is -2.19. The standard InChI is InChI=1S/C14H17N3O7S/c1-8(7-24-17(21)22)16(14(19)20)12-11(25-13(18)15-12)9-3-5-10(23-2)6-4-9/h3-6,8,11-12H,7H2,1-2H3,(H,15,18)(H,19,20)/t8-,11?,12+/m0/s1. The number of methoxy groups -OCH3 is 1. The molecule has 0 spiro atoms. The number of hydrogen-bond acceptors (Lipinski definition) is 7. The first-order valence-electron chi connectivity index (χ1n) is 7.23. The van der Waals surface area contributed by atoms with Gasteiger partial charge in [0.2, 0.25) is 0 Å². The van der Waals surface area contributed by atoms with Crippen molar-refractivity contribution < 1.29 is 29.4 Å². The third-order valence-corrected chi connectivity index (χ3v) is 4.76. The van der Waals surface area contributed by atoms with E-state index >= 15 is 0 Å². The van der Waals surface area contributed by atoms with Crippen LogP contribution in [0.2, 0.25) is 0 Å². The lowest BCUT2D eigenvalue weighted by molar-refractivity contribution is -0.758. The highest BCUT2D eigenvalue weighted by molar-refractivity contribution is 8.14. The summed E-state index contributed by atoms with van der Waals surface area (Å²) in [5.41, 5.74) is 0.725. The second-order valence-corrected chi connectivity index (χ2v) is 6.36. The molecule has 1 unspecified atom stereocenters. The van der Waals surface area contributed by atoms with E-state index in [1.54, 1.807) is 24.3 Å². The third-order valence-electron chi connectivity index (χ3n) is 3.65. The normalized spacial score (nSPS) is 20.5. The van der Waals surface area contributed by atoms with Crippen molar-refractivity contribution >= 4 is 23.1 Å². The molecule has 1 aliphatic rings. The van der Waals surface area contributed by atoms with E-state index in [1.807, 2.05) is 0 Å². The lowest BCUT2D eigenvalue weighted by Gasteiger charge is -2.34. The van der Waals surface area contributed by atoms with Crippen LogP contribution < -0.4 is 10.1 Å². The van der Waals surface area contributed by atoms with Gasteiger partial charge < -0.3 is 20.0 Å². The van der Waals surface area contributed by atoms with Crippen molar-refractivity contribution in [1.82, 2.24) is 10.2 Å². The highest BCUT2D eigenvalue weighted by Crippen LogP contribution is 2.40. The highest BCUT2D eigenvalue weighted by atomic mass is 32.2. The zero-order valence-electron chi connectivity index (χ0n) is 13.4. The van der Waals surface area contributed by atoms with Gasteiger partial charge in [0.05, 0.1) is 18.4 Å². The van der Waals surface area contributed by atoms with E-state index < -0.39 is 35.2 Å². The molecule has 0 aromatic heterocycles. The van der Waals surface area contributed by atoms with Crippen LogP contribution in [-0.4, -0.2) is 52.3 Å². The summed E-state index contributed by atoms with van der Waals surface area (Å²) in [4.78, 5) is 39.1. The van der Waals surface area contributed by atoms with Crippen molar-refractivity contribution in [2.45, 2.75) is 24.4 Å². The number of carbonyl (C=O) groups is 2. The van der Waals surface area contributed by atoms with Crippen molar-refractivity contribution in [3.8, 4) is 5.75 Å². The second kappa shape index (κ2) is 7.92. The fourth-order valence-electron chi connectivity index (χ4n) is 2.50. The Labute approximate surface area is 147 Å². The van der Waals surface area contributed by atoms with Crippen LogP contribution in [0.1, 0.15) is 17.7 Å². The molecular formula is C14H17N3O7S. The van der Waals surface area contributed by atoms with Crippen LogP contribution in [0, 0.1) is 10.1 Å². The molecule has 1 aromatic rings. The van der Waals surface area contributed by atoms with Crippen molar-refractivity contribution in [1.29, 1.82) is 0 Å². The molecule has 0 saturated carbocycles. The maximum absolute atomic E-state index is 11.8. The number of nitrogens with zero attached hydrogens (tertiary/aromatic N) is 2. The van der Waals surface area contributed by atoms with E-state index in [0.717, 1.165) is 22.2 Å². The first-order valence-corrected chi connectivity index (χ1v) is 8.11. The maximum Gasteiger partial charge on any atom is 0.409 e. The number of carbonyl (C=O) groups excluding carboxylic acids is 1. The summed E-state index contributed by atoms with van der Waals surface area (Å²) in [5, 5.41) is 20.6. The average Bonchev–Trinajstić information content (AvgIpc) is 2.94. The first kappa shape index (κ1) is 18.6. The Morgan fingerprint density at radius 1 is 1.48 bits per heavy atom. The molecule has 1 fully saturated rings. The molecule has 2 amide bonds. The van der Waals surface area contributed by atoms with E-state index in [4.69, 9.17) is 4.74 Å². The zero-order chi connectivity index (χ0) is 18.6. The Morgan fingerprint density at radius 3 is 2.64 bits per heavy atom. The molecule has 11 heteroatoms. The molecule has 1 heterocycles. The summed E-state index contributed by atoms with van der Waals surface area (Å²) in [7, 11) is 1.52. The van der Waals surface area contributed by atoms with E-state index in [0.29, 0.717) is 5.75 Å². The fraction of sp³-hybridized carbons (Fsp3) is 0.429. The largest absolute Gasteiger partial charge is 0.497 e. The molecule has 10 nitrogen and oxygen atoms in total. The number of hydrogen-bond donors (Lipinski definition) is 2. The van der Waals surface area contributed by atoms with Gasteiger partial charge in [0, 0.05) is 0 Å². The van der Waals surface area contributed by atoms with E-state index in [2.05, 4.69) is 10.2 Å². The van der Waals surface area contributed by atoms with Crippen molar-refractivity contribution in [2.24, 2.45) is 0 Å². The van der Waals surface area contributed by atoms with E-state index in [9.17, 15) is 24.8 Å². The second-order valence-electron chi connectivity index (χ2n) is 5.25. The molecule has 1 aliphatic heterocycles. The summed E-state index contributed by atoms with van der Waals surface area (Å²) < 4.78 is 5.08. The fourth-order valence-corrected chi connectivity index (χ4v) is 3.54. The van der Waals surface area contributed by atoms with Crippen LogP contribution in [0.25, 0.3) is 0 Å². The van der Waals surface area contributed by atoms with Crippen molar-refractivity contribution in [3.63, 3.8) is 0 Å². The Kier molecular flexibility index (Phi) is 5.91. The smallest absolute Gasteiger partial charge is 0.409 e. The lowest BCUT2D eigenvalue weighted by Crippen LogP contribution is -2.53. The Hall–Kier alpha value is -2.69. The number of nitrogens with one attached hydrogen (secondary N) is 1. The topological polar surface area (TPSA) is 131 Å². The molecule has 1 saturated heterocycles. The molecule has 1 aromatic carbocycles. The quantitative estimate of drug-likeness (QED) is 0.550. The van der Waals surface area contributed by atoms with Crippen molar-refractivity contribution in [3.05, 3.63) is 39.9 Å². The zero-order valence-corrected chi connectivity index (χ0v) is 14.3. The minimum absolute atomic E-state index is 0.375. The maximum atomic E-state index is 11.8. The Bertz CT molecular complexity index is 654. The van der Waals surface area contributed by atoms with Gasteiger partial charge in [-0.3, -0.25) is 9.69 Å². The number of carboxylic acid groups (broad SMARTS) is 1.